The molecule has 1 aromatic rings. The van der Waals surface area contributed by atoms with Gasteiger partial charge in [-0.2, -0.15) is 13.2 Å². The third-order valence-electron chi connectivity index (χ3n) is 3.38. The highest BCUT2D eigenvalue weighted by molar-refractivity contribution is 7.92. The van der Waals surface area contributed by atoms with Crippen molar-refractivity contribution >= 4 is 9.84 Å². The molecule has 0 saturated heterocycles. The molecule has 0 aromatic heterocycles. The number of aliphatic hydroxyl groups excluding tert-OH is 1. The predicted octanol–water partition coefficient (Wildman–Crippen LogP) is 1.51. The number of ether oxygens (including phenoxy) is 1. The molecule has 9 heteroatoms. The minimum Gasteiger partial charge on any atom is -0.485 e. The number of hydrogen-bond donors (Lipinski definition) is 2. The fourth-order valence-corrected chi connectivity index (χ4v) is 2.92. The molecule has 0 aliphatic carbocycles. The molecule has 1 aliphatic heterocycles. The summed E-state index contributed by atoms with van der Waals surface area (Å²) < 4.78 is 65.9. The minimum atomic E-state index is -5.47. The van der Waals surface area contributed by atoms with Crippen LogP contribution in [0.1, 0.15) is 25.5 Å². The summed E-state index contributed by atoms with van der Waals surface area (Å²) >= 11 is 0. The Morgan fingerprint density at radius 1 is 1.33 bits per heavy atom. The van der Waals surface area contributed by atoms with Crippen LogP contribution in [-0.4, -0.2) is 30.7 Å². The van der Waals surface area contributed by atoms with Gasteiger partial charge in [0.25, 0.3) is 9.84 Å². The number of aliphatic hydroxyl groups is 1. The lowest BCUT2D eigenvalue weighted by Gasteiger charge is -2.40. The summed E-state index contributed by atoms with van der Waals surface area (Å²) in [6.07, 6.45) is -1.19. The van der Waals surface area contributed by atoms with Crippen LogP contribution in [0.25, 0.3) is 0 Å². The van der Waals surface area contributed by atoms with Crippen LogP contribution in [0, 0.1) is 0 Å². The van der Waals surface area contributed by atoms with Gasteiger partial charge in [0.05, 0.1) is 10.9 Å². The average Bonchev–Trinajstić information content (AvgIpc) is 2.34. The molecule has 0 bridgehead atoms. The van der Waals surface area contributed by atoms with Gasteiger partial charge in [-0.25, -0.2) is 8.42 Å². The van der Waals surface area contributed by atoms with E-state index >= 15 is 0 Å². The predicted molar refractivity (Wildman–Crippen MR) is 67.3 cm³/mol. The molecular weight excluding hydrogens is 311 g/mol. The summed E-state index contributed by atoms with van der Waals surface area (Å²) in [6.45, 7) is 3.14. The van der Waals surface area contributed by atoms with E-state index in [1.54, 1.807) is 13.8 Å². The first-order valence-corrected chi connectivity index (χ1v) is 7.44. The van der Waals surface area contributed by atoms with Gasteiger partial charge in [0.1, 0.15) is 17.5 Å². The Morgan fingerprint density at radius 3 is 2.43 bits per heavy atom. The Bertz CT molecular complexity index is 670. The first kappa shape index (κ1) is 16.1. The van der Waals surface area contributed by atoms with Crippen molar-refractivity contribution in [2.24, 2.45) is 5.73 Å². The Hall–Kier alpha value is -1.32. The second-order valence-corrected chi connectivity index (χ2v) is 7.27. The lowest BCUT2D eigenvalue weighted by atomic mass is 9.87. The smallest absolute Gasteiger partial charge is 0.485 e. The highest BCUT2D eigenvalue weighted by Crippen LogP contribution is 2.41. The van der Waals surface area contributed by atoms with Crippen LogP contribution < -0.4 is 10.5 Å². The Balaban J connectivity index is 2.56. The fourth-order valence-electron chi connectivity index (χ4n) is 2.13. The van der Waals surface area contributed by atoms with E-state index < -0.39 is 38.0 Å². The normalized spacial score (nSPS) is 25.1. The molecule has 2 atom stereocenters. The molecule has 0 radical (unpaired) electrons. The number of nitrogens with two attached hydrogens (primary N) is 1. The van der Waals surface area contributed by atoms with E-state index in [0.717, 1.165) is 18.2 Å². The number of halogens is 3. The van der Waals surface area contributed by atoms with Gasteiger partial charge in [-0.15, -0.1) is 0 Å². The monoisotopic (exact) mass is 325 g/mol. The molecule has 118 valence electrons. The topological polar surface area (TPSA) is 89.6 Å². The summed E-state index contributed by atoms with van der Waals surface area (Å²) in [5.74, 6) is 0.152. The summed E-state index contributed by atoms with van der Waals surface area (Å²) in [7, 11) is -5.47. The SMILES string of the molecule is CC1(C)Oc2ccc(S(=O)(=O)C(F)(F)F)cc2C(N)C1O. The summed E-state index contributed by atoms with van der Waals surface area (Å²) in [6, 6.07) is 1.66. The van der Waals surface area contributed by atoms with Crippen molar-refractivity contribution < 1.29 is 31.4 Å². The number of benzene rings is 1. The Labute approximate surface area is 119 Å². The maximum Gasteiger partial charge on any atom is 0.501 e. The molecule has 2 rings (SSSR count). The largest absolute Gasteiger partial charge is 0.501 e. The van der Waals surface area contributed by atoms with Gasteiger partial charge in [0, 0.05) is 5.56 Å². The lowest BCUT2D eigenvalue weighted by Crippen LogP contribution is -2.51. The van der Waals surface area contributed by atoms with Crippen molar-refractivity contribution in [1.29, 1.82) is 0 Å². The third kappa shape index (κ3) is 2.49. The molecular formula is C12H14F3NO4S. The molecule has 1 aromatic carbocycles. The number of fused-ring (bicyclic) bond motifs is 1. The van der Waals surface area contributed by atoms with Crippen molar-refractivity contribution in [2.75, 3.05) is 0 Å². The number of rotatable bonds is 1. The highest BCUT2D eigenvalue weighted by atomic mass is 32.2. The Morgan fingerprint density at radius 2 is 1.90 bits per heavy atom. The first-order chi connectivity index (χ1) is 9.38. The third-order valence-corrected chi connectivity index (χ3v) is 4.86. The van der Waals surface area contributed by atoms with Crippen molar-refractivity contribution in [3.63, 3.8) is 0 Å². The van der Waals surface area contributed by atoms with Crippen LogP contribution in [0.5, 0.6) is 5.75 Å². The standard InChI is InChI=1S/C12H14F3NO4S/c1-11(2)10(17)9(16)7-5-6(3-4-8(7)20-11)21(18,19)12(13,14)15/h3-5,9-10,17H,16H2,1-2H3. The van der Waals surface area contributed by atoms with E-state index in [0.29, 0.717) is 0 Å². The number of alkyl halides is 3. The van der Waals surface area contributed by atoms with E-state index in [1.165, 1.54) is 0 Å². The molecule has 0 saturated carbocycles. The van der Waals surface area contributed by atoms with Crippen molar-refractivity contribution in [1.82, 2.24) is 0 Å². The fraction of sp³-hybridized carbons (Fsp3) is 0.500. The van der Waals surface area contributed by atoms with Gasteiger partial charge in [0.15, 0.2) is 0 Å². The van der Waals surface area contributed by atoms with E-state index in [2.05, 4.69) is 0 Å². The van der Waals surface area contributed by atoms with Crippen molar-refractivity contribution in [3.8, 4) is 5.75 Å². The first-order valence-electron chi connectivity index (χ1n) is 5.96. The minimum absolute atomic E-state index is 0.0205. The molecule has 1 aliphatic rings. The van der Waals surface area contributed by atoms with E-state index in [4.69, 9.17) is 10.5 Å². The van der Waals surface area contributed by atoms with Gasteiger partial charge >= 0.3 is 5.51 Å². The molecule has 2 unspecified atom stereocenters. The van der Waals surface area contributed by atoms with E-state index in [1.807, 2.05) is 0 Å². The Kier molecular flexibility index (Phi) is 3.51. The zero-order chi connectivity index (χ0) is 16.2. The summed E-state index contributed by atoms with van der Waals surface area (Å²) in [5, 5.41) is 9.98. The zero-order valence-corrected chi connectivity index (χ0v) is 12.0. The summed E-state index contributed by atoms with van der Waals surface area (Å²) in [4.78, 5) is -0.931. The van der Waals surface area contributed by atoms with Crippen LogP contribution in [0.15, 0.2) is 23.1 Å². The zero-order valence-electron chi connectivity index (χ0n) is 11.2. The highest BCUT2D eigenvalue weighted by Gasteiger charge is 2.48. The van der Waals surface area contributed by atoms with Gasteiger partial charge in [-0.3, -0.25) is 0 Å². The van der Waals surface area contributed by atoms with Gasteiger partial charge in [0.2, 0.25) is 0 Å². The second kappa shape index (κ2) is 4.59. The molecule has 0 fully saturated rings. The quantitative estimate of drug-likeness (QED) is 0.817. The number of hydrogen-bond acceptors (Lipinski definition) is 5. The van der Waals surface area contributed by atoms with Gasteiger partial charge in [-0.1, -0.05) is 0 Å². The van der Waals surface area contributed by atoms with Crippen molar-refractivity contribution in [3.05, 3.63) is 23.8 Å². The molecule has 1 heterocycles. The van der Waals surface area contributed by atoms with Crippen LogP contribution in [0.2, 0.25) is 0 Å². The average molecular weight is 325 g/mol. The summed E-state index contributed by atoms with van der Waals surface area (Å²) in [5.41, 5.74) is -0.634. The van der Waals surface area contributed by atoms with E-state index in [9.17, 15) is 26.7 Å². The molecule has 0 spiro atoms. The van der Waals surface area contributed by atoms with Crippen LogP contribution >= 0.6 is 0 Å². The molecule has 5 nitrogen and oxygen atoms in total. The van der Waals surface area contributed by atoms with E-state index in [-0.39, 0.29) is 11.3 Å². The molecule has 0 amide bonds. The van der Waals surface area contributed by atoms with Crippen molar-refractivity contribution in [2.45, 2.75) is 42.0 Å². The van der Waals surface area contributed by atoms with Crippen LogP contribution in [0.3, 0.4) is 0 Å². The lowest BCUT2D eigenvalue weighted by molar-refractivity contribution is -0.0574. The van der Waals surface area contributed by atoms with Gasteiger partial charge in [-0.05, 0) is 32.0 Å². The van der Waals surface area contributed by atoms with Crippen LogP contribution in [0.4, 0.5) is 13.2 Å². The van der Waals surface area contributed by atoms with Crippen LogP contribution in [-0.2, 0) is 9.84 Å². The maximum absolute atomic E-state index is 12.5. The number of sulfone groups is 1. The molecule has 3 N–H and O–H groups in total. The molecule has 21 heavy (non-hydrogen) atoms. The maximum atomic E-state index is 12.5. The second-order valence-electron chi connectivity index (χ2n) is 5.32. The van der Waals surface area contributed by atoms with Gasteiger partial charge < -0.3 is 15.6 Å².